The zero-order valence-electron chi connectivity index (χ0n) is 11.6. The van der Waals surface area contributed by atoms with E-state index in [2.05, 4.69) is 25.4 Å². The van der Waals surface area contributed by atoms with Gasteiger partial charge < -0.3 is 9.64 Å². The minimum absolute atomic E-state index is 0.118. The van der Waals surface area contributed by atoms with E-state index < -0.39 is 0 Å². The van der Waals surface area contributed by atoms with Gasteiger partial charge in [-0.15, -0.1) is 0 Å². The minimum Gasteiger partial charge on any atom is -0.377 e. The first-order valence-electron chi connectivity index (χ1n) is 6.87. The average molecular weight is 299 g/mol. The second-order valence-corrected chi connectivity index (χ2v) is 4.92. The Morgan fingerprint density at radius 1 is 1.41 bits per heavy atom. The Balaban J connectivity index is 1.71. The van der Waals surface area contributed by atoms with Gasteiger partial charge in [0.15, 0.2) is 0 Å². The molecule has 0 bridgehead atoms. The molecule has 22 heavy (non-hydrogen) atoms. The van der Waals surface area contributed by atoms with Crippen molar-refractivity contribution in [2.45, 2.75) is 6.04 Å². The second kappa shape index (κ2) is 5.19. The van der Waals surface area contributed by atoms with Crippen LogP contribution in [0.2, 0.25) is 0 Å². The summed E-state index contributed by atoms with van der Waals surface area (Å²) in [4.78, 5) is 18.8. The van der Waals surface area contributed by atoms with Crippen LogP contribution in [0.4, 0.5) is 0 Å². The lowest BCUT2D eigenvalue weighted by atomic mass is 10.1. The molecule has 0 aliphatic carbocycles. The summed E-state index contributed by atoms with van der Waals surface area (Å²) in [5.74, 6) is 0.496. The van der Waals surface area contributed by atoms with Crippen LogP contribution in [-0.4, -0.2) is 60.6 Å². The van der Waals surface area contributed by atoms with Crippen molar-refractivity contribution in [3.8, 4) is 0 Å². The first-order valence-corrected chi connectivity index (χ1v) is 6.87. The summed E-state index contributed by atoms with van der Waals surface area (Å²) in [6, 6.07) is 3.31. The maximum Gasteiger partial charge on any atom is 0.258 e. The number of amides is 1. The number of rotatable bonds is 2. The Labute approximate surface area is 124 Å². The lowest BCUT2D eigenvalue weighted by Gasteiger charge is -2.34. The van der Waals surface area contributed by atoms with E-state index in [0.29, 0.717) is 36.7 Å². The zero-order chi connectivity index (χ0) is 14.9. The lowest BCUT2D eigenvalue weighted by Crippen LogP contribution is -2.43. The van der Waals surface area contributed by atoms with Crippen LogP contribution in [0.1, 0.15) is 22.2 Å². The van der Waals surface area contributed by atoms with Crippen molar-refractivity contribution in [3.05, 3.63) is 42.2 Å². The summed E-state index contributed by atoms with van der Waals surface area (Å²) < 4.78 is 6.92. The number of aromatic amines is 1. The number of hydrogen-bond donors (Lipinski definition) is 1. The van der Waals surface area contributed by atoms with E-state index in [-0.39, 0.29) is 11.9 Å². The van der Waals surface area contributed by atoms with Gasteiger partial charge in [-0.1, -0.05) is 0 Å². The molecule has 1 unspecified atom stereocenters. The Hall–Kier alpha value is -2.81. The zero-order valence-corrected chi connectivity index (χ0v) is 11.6. The molecule has 1 aliphatic heterocycles. The molecule has 9 nitrogen and oxygen atoms in total. The Kier molecular flexibility index (Phi) is 3.04. The first-order chi connectivity index (χ1) is 10.8. The normalized spacial score (nSPS) is 18.7. The molecule has 112 valence electrons. The highest BCUT2D eigenvalue weighted by Gasteiger charge is 2.32. The molecule has 1 atom stereocenters. The molecule has 3 aromatic heterocycles. The third kappa shape index (κ3) is 2.02. The summed E-state index contributed by atoms with van der Waals surface area (Å²) in [5.41, 5.74) is 1.19. The number of ether oxygens (including phenoxy) is 1. The second-order valence-electron chi connectivity index (χ2n) is 4.92. The summed E-state index contributed by atoms with van der Waals surface area (Å²) in [5, 5.41) is 14.8. The van der Waals surface area contributed by atoms with Crippen LogP contribution in [-0.2, 0) is 4.74 Å². The van der Waals surface area contributed by atoms with Gasteiger partial charge in [0.25, 0.3) is 5.91 Å². The molecule has 1 amide bonds. The quantitative estimate of drug-likeness (QED) is 0.718. The van der Waals surface area contributed by atoms with Crippen LogP contribution in [0.25, 0.3) is 5.52 Å². The van der Waals surface area contributed by atoms with Gasteiger partial charge in [0.2, 0.25) is 0 Å². The topological polar surface area (TPSA) is 101 Å². The number of carbonyl (C=O) groups excluding carboxylic acids is 1. The number of carbonyl (C=O) groups is 1. The highest BCUT2D eigenvalue weighted by atomic mass is 16.5. The van der Waals surface area contributed by atoms with Gasteiger partial charge in [-0.25, -0.2) is 4.98 Å². The average Bonchev–Trinajstić information content (AvgIpc) is 3.24. The Morgan fingerprint density at radius 3 is 3.23 bits per heavy atom. The van der Waals surface area contributed by atoms with Crippen molar-refractivity contribution in [1.29, 1.82) is 0 Å². The predicted molar refractivity (Wildman–Crippen MR) is 74.0 cm³/mol. The third-order valence-corrected chi connectivity index (χ3v) is 3.67. The molecular weight excluding hydrogens is 286 g/mol. The fourth-order valence-electron chi connectivity index (χ4n) is 2.60. The van der Waals surface area contributed by atoms with Crippen molar-refractivity contribution in [1.82, 2.24) is 34.9 Å². The molecule has 0 radical (unpaired) electrons. The van der Waals surface area contributed by atoms with Gasteiger partial charge in [0.05, 0.1) is 25.0 Å². The summed E-state index contributed by atoms with van der Waals surface area (Å²) >= 11 is 0. The number of hydrogen-bond acceptors (Lipinski definition) is 6. The molecule has 1 saturated heterocycles. The van der Waals surface area contributed by atoms with Crippen LogP contribution in [0, 0.1) is 0 Å². The monoisotopic (exact) mass is 299 g/mol. The fourth-order valence-corrected chi connectivity index (χ4v) is 2.60. The standard InChI is InChI=1S/C13H13N7O2/c21-13(9-6-17-20-10(9)2-1-3-16-20)19-4-5-22-7-11(19)12-14-8-15-18-12/h1-3,6,8,11H,4-5,7H2,(H,14,15,18). The van der Waals surface area contributed by atoms with Crippen molar-refractivity contribution in [3.63, 3.8) is 0 Å². The van der Waals surface area contributed by atoms with E-state index in [1.54, 1.807) is 17.2 Å². The van der Waals surface area contributed by atoms with Crippen molar-refractivity contribution in [2.24, 2.45) is 0 Å². The fraction of sp³-hybridized carbons (Fsp3) is 0.308. The van der Waals surface area contributed by atoms with E-state index in [1.807, 2.05) is 6.07 Å². The summed E-state index contributed by atoms with van der Waals surface area (Å²) in [7, 11) is 0. The molecule has 0 spiro atoms. The van der Waals surface area contributed by atoms with Crippen LogP contribution in [0.3, 0.4) is 0 Å². The number of fused-ring (bicyclic) bond motifs is 1. The molecular formula is C13H13N7O2. The number of aromatic nitrogens is 6. The van der Waals surface area contributed by atoms with Gasteiger partial charge in [-0.2, -0.15) is 19.9 Å². The molecule has 4 heterocycles. The van der Waals surface area contributed by atoms with E-state index in [0.717, 1.165) is 0 Å². The number of H-pyrrole nitrogens is 1. The van der Waals surface area contributed by atoms with Gasteiger partial charge in [-0.3, -0.25) is 9.89 Å². The van der Waals surface area contributed by atoms with E-state index in [9.17, 15) is 4.79 Å². The predicted octanol–water partition coefficient (Wildman–Crippen LogP) is 0.0611. The van der Waals surface area contributed by atoms with Gasteiger partial charge in [0, 0.05) is 12.7 Å². The van der Waals surface area contributed by atoms with Gasteiger partial charge in [0.1, 0.15) is 23.7 Å². The van der Waals surface area contributed by atoms with Gasteiger partial charge >= 0.3 is 0 Å². The van der Waals surface area contributed by atoms with Crippen molar-refractivity contribution < 1.29 is 9.53 Å². The largest absolute Gasteiger partial charge is 0.377 e. The molecule has 0 aromatic carbocycles. The minimum atomic E-state index is -0.282. The van der Waals surface area contributed by atoms with Crippen LogP contribution in [0.15, 0.2) is 30.9 Å². The molecule has 9 heteroatoms. The molecule has 0 saturated carbocycles. The van der Waals surface area contributed by atoms with Crippen LogP contribution in [0.5, 0.6) is 0 Å². The number of nitrogens with zero attached hydrogens (tertiary/aromatic N) is 6. The number of nitrogens with one attached hydrogen (secondary N) is 1. The Morgan fingerprint density at radius 2 is 2.36 bits per heavy atom. The van der Waals surface area contributed by atoms with Crippen LogP contribution < -0.4 is 0 Å². The van der Waals surface area contributed by atoms with Crippen LogP contribution >= 0.6 is 0 Å². The highest BCUT2D eigenvalue weighted by molar-refractivity contribution is 6.00. The SMILES string of the molecule is O=C(c1cnn2ncccc12)N1CCOCC1c1ncn[nH]1. The van der Waals surface area contributed by atoms with E-state index in [4.69, 9.17) is 4.74 Å². The van der Waals surface area contributed by atoms with Gasteiger partial charge in [-0.05, 0) is 12.1 Å². The molecule has 1 aliphatic rings. The highest BCUT2D eigenvalue weighted by Crippen LogP contribution is 2.24. The molecule has 4 rings (SSSR count). The maximum absolute atomic E-state index is 12.9. The molecule has 1 fully saturated rings. The first kappa shape index (κ1) is 12.9. The lowest BCUT2D eigenvalue weighted by molar-refractivity contribution is -0.00501. The maximum atomic E-state index is 12.9. The third-order valence-electron chi connectivity index (χ3n) is 3.67. The van der Waals surface area contributed by atoms with Crippen molar-refractivity contribution >= 4 is 11.4 Å². The van der Waals surface area contributed by atoms with E-state index >= 15 is 0 Å². The summed E-state index contributed by atoms with van der Waals surface area (Å²) in [6.45, 7) is 1.37. The molecule has 1 N–H and O–H groups in total. The summed E-state index contributed by atoms with van der Waals surface area (Å²) in [6.07, 6.45) is 4.59. The number of morpholine rings is 1. The smallest absolute Gasteiger partial charge is 0.258 e. The van der Waals surface area contributed by atoms with Crippen molar-refractivity contribution in [2.75, 3.05) is 19.8 Å². The van der Waals surface area contributed by atoms with E-state index in [1.165, 1.54) is 17.2 Å². The molecule has 3 aromatic rings. The Bertz CT molecular complexity index is 798.